The molecular formula is C22H29N3O5S. The second-order valence-electron chi connectivity index (χ2n) is 8.01. The van der Waals surface area contributed by atoms with Gasteiger partial charge in [0.15, 0.2) is 0 Å². The predicted octanol–water partition coefficient (Wildman–Crippen LogP) is 3.60. The molecule has 0 fully saturated rings. The van der Waals surface area contributed by atoms with Gasteiger partial charge in [0.1, 0.15) is 0 Å². The monoisotopic (exact) mass is 447 g/mol. The van der Waals surface area contributed by atoms with E-state index in [1.807, 2.05) is 32.4 Å². The Morgan fingerprint density at radius 3 is 1.97 bits per heavy atom. The number of rotatable bonds is 7. The molecule has 5 N–H and O–H groups in total. The van der Waals surface area contributed by atoms with Gasteiger partial charge in [0.2, 0.25) is 5.91 Å². The number of carbonyl (C=O) groups is 2. The summed E-state index contributed by atoms with van der Waals surface area (Å²) in [6.07, 6.45) is -0.852. The Bertz CT molecular complexity index is 1060. The first kappa shape index (κ1) is 24.4. The van der Waals surface area contributed by atoms with Crippen LogP contribution in [0.5, 0.6) is 0 Å². The SMILES string of the molecule is CC(C)c1cc(C(N)=O)cc(C(C)C)c1NC(=O)NS(=O)(=O)c1cccc(C(C)O)c1. The minimum atomic E-state index is -4.17. The Morgan fingerprint density at radius 1 is 0.968 bits per heavy atom. The van der Waals surface area contributed by atoms with E-state index in [0.717, 1.165) is 0 Å². The minimum Gasteiger partial charge on any atom is -0.389 e. The number of primary amides is 1. The van der Waals surface area contributed by atoms with Gasteiger partial charge < -0.3 is 16.2 Å². The average molecular weight is 448 g/mol. The van der Waals surface area contributed by atoms with Crippen molar-refractivity contribution in [1.29, 1.82) is 0 Å². The number of hydrogen-bond donors (Lipinski definition) is 4. The zero-order valence-electron chi connectivity index (χ0n) is 18.3. The molecule has 0 spiro atoms. The second kappa shape index (κ2) is 9.49. The van der Waals surface area contributed by atoms with Gasteiger partial charge in [-0.2, -0.15) is 0 Å². The van der Waals surface area contributed by atoms with E-state index < -0.39 is 28.1 Å². The molecule has 31 heavy (non-hydrogen) atoms. The Hall–Kier alpha value is -2.91. The highest BCUT2D eigenvalue weighted by Crippen LogP contribution is 2.34. The largest absolute Gasteiger partial charge is 0.389 e. The van der Waals surface area contributed by atoms with Gasteiger partial charge in [-0.05, 0) is 59.7 Å². The van der Waals surface area contributed by atoms with Crippen LogP contribution in [0.3, 0.4) is 0 Å². The first-order valence-corrected chi connectivity index (χ1v) is 11.4. The molecule has 0 saturated carbocycles. The molecule has 0 bridgehead atoms. The van der Waals surface area contributed by atoms with Crippen molar-refractivity contribution in [1.82, 2.24) is 4.72 Å². The molecule has 168 valence electrons. The second-order valence-corrected chi connectivity index (χ2v) is 9.69. The van der Waals surface area contributed by atoms with E-state index in [2.05, 4.69) is 5.32 Å². The summed E-state index contributed by atoms with van der Waals surface area (Å²) in [4.78, 5) is 24.2. The molecule has 0 aromatic heterocycles. The number of urea groups is 1. The smallest absolute Gasteiger partial charge is 0.333 e. The number of amides is 3. The molecule has 0 aliphatic heterocycles. The summed E-state index contributed by atoms with van der Waals surface area (Å²) < 4.78 is 27.4. The summed E-state index contributed by atoms with van der Waals surface area (Å²) in [5.41, 5.74) is 7.97. The lowest BCUT2D eigenvalue weighted by Gasteiger charge is -2.21. The quantitative estimate of drug-likeness (QED) is 0.514. The van der Waals surface area contributed by atoms with Crippen LogP contribution in [0.1, 0.15) is 79.6 Å². The highest BCUT2D eigenvalue weighted by molar-refractivity contribution is 7.90. The molecule has 0 radical (unpaired) electrons. The number of aliphatic hydroxyl groups excluding tert-OH is 1. The summed E-state index contributed by atoms with van der Waals surface area (Å²) in [7, 11) is -4.17. The van der Waals surface area contributed by atoms with E-state index in [9.17, 15) is 23.1 Å². The molecule has 1 atom stereocenters. The molecule has 2 aromatic rings. The summed E-state index contributed by atoms with van der Waals surface area (Å²) in [5, 5.41) is 12.3. The molecule has 1 unspecified atom stereocenters. The van der Waals surface area contributed by atoms with Crippen molar-refractivity contribution in [2.24, 2.45) is 5.73 Å². The fraction of sp³-hybridized carbons (Fsp3) is 0.364. The Balaban J connectivity index is 2.41. The molecule has 2 aromatic carbocycles. The molecule has 0 aliphatic carbocycles. The Labute approximate surface area is 182 Å². The van der Waals surface area contributed by atoms with Crippen LogP contribution in [0.2, 0.25) is 0 Å². The van der Waals surface area contributed by atoms with E-state index in [1.54, 1.807) is 18.2 Å². The summed E-state index contributed by atoms with van der Waals surface area (Å²) in [6, 6.07) is 8.00. The van der Waals surface area contributed by atoms with Crippen molar-refractivity contribution in [2.45, 2.75) is 57.5 Å². The molecular weight excluding hydrogens is 418 g/mol. The fourth-order valence-electron chi connectivity index (χ4n) is 3.15. The number of carbonyl (C=O) groups excluding carboxylic acids is 2. The van der Waals surface area contributed by atoms with Gasteiger partial charge in [0.25, 0.3) is 10.0 Å². The number of nitrogens with one attached hydrogen (secondary N) is 2. The zero-order chi connectivity index (χ0) is 23.5. The molecule has 0 saturated heterocycles. The molecule has 2 rings (SSSR count). The Kier molecular flexibility index (Phi) is 7.45. The van der Waals surface area contributed by atoms with Crippen LogP contribution in [-0.4, -0.2) is 25.5 Å². The highest BCUT2D eigenvalue weighted by atomic mass is 32.2. The van der Waals surface area contributed by atoms with Crippen LogP contribution in [0.25, 0.3) is 0 Å². The van der Waals surface area contributed by atoms with E-state index in [-0.39, 0.29) is 16.7 Å². The fourth-order valence-corrected chi connectivity index (χ4v) is 4.11. The normalized spacial score (nSPS) is 12.6. The van der Waals surface area contributed by atoms with Gasteiger partial charge in [-0.1, -0.05) is 39.8 Å². The van der Waals surface area contributed by atoms with Crippen molar-refractivity contribution in [3.8, 4) is 0 Å². The lowest BCUT2D eigenvalue weighted by Crippen LogP contribution is -2.35. The average Bonchev–Trinajstić information content (AvgIpc) is 2.66. The number of nitrogens with two attached hydrogens (primary N) is 1. The first-order chi connectivity index (χ1) is 14.3. The van der Waals surface area contributed by atoms with Crippen LogP contribution in [0.15, 0.2) is 41.3 Å². The maximum Gasteiger partial charge on any atom is 0.333 e. The molecule has 9 heteroatoms. The molecule has 0 heterocycles. The maximum absolute atomic E-state index is 12.7. The minimum absolute atomic E-state index is 0.0635. The maximum atomic E-state index is 12.7. The molecule has 8 nitrogen and oxygen atoms in total. The van der Waals surface area contributed by atoms with Gasteiger partial charge in [0, 0.05) is 11.3 Å². The topological polar surface area (TPSA) is 139 Å². The van der Waals surface area contributed by atoms with Gasteiger partial charge in [-0.15, -0.1) is 0 Å². The van der Waals surface area contributed by atoms with Crippen molar-refractivity contribution in [3.05, 3.63) is 58.7 Å². The molecule has 0 aliphatic rings. The predicted molar refractivity (Wildman–Crippen MR) is 120 cm³/mol. The van der Waals surface area contributed by atoms with Crippen molar-refractivity contribution in [3.63, 3.8) is 0 Å². The van der Waals surface area contributed by atoms with Crippen LogP contribution < -0.4 is 15.8 Å². The number of hydrogen-bond acceptors (Lipinski definition) is 5. The summed E-state index contributed by atoms with van der Waals surface area (Å²) >= 11 is 0. The van der Waals surface area contributed by atoms with E-state index in [0.29, 0.717) is 27.9 Å². The summed E-state index contributed by atoms with van der Waals surface area (Å²) in [5.74, 6) is -0.710. The number of anilines is 1. The third-order valence-electron chi connectivity index (χ3n) is 4.84. The van der Waals surface area contributed by atoms with Crippen molar-refractivity contribution in [2.75, 3.05) is 5.32 Å². The Morgan fingerprint density at radius 2 is 1.52 bits per heavy atom. The van der Waals surface area contributed by atoms with Crippen LogP contribution in [0.4, 0.5) is 10.5 Å². The number of aliphatic hydroxyl groups is 1. The van der Waals surface area contributed by atoms with Gasteiger partial charge >= 0.3 is 6.03 Å². The van der Waals surface area contributed by atoms with E-state index >= 15 is 0 Å². The van der Waals surface area contributed by atoms with Gasteiger partial charge in [-0.25, -0.2) is 17.9 Å². The zero-order valence-corrected chi connectivity index (χ0v) is 19.1. The lowest BCUT2D eigenvalue weighted by atomic mass is 9.90. The van der Waals surface area contributed by atoms with Crippen molar-refractivity contribution >= 4 is 27.6 Å². The summed E-state index contributed by atoms with van der Waals surface area (Å²) in [6.45, 7) is 9.09. The number of sulfonamides is 1. The van der Waals surface area contributed by atoms with E-state index in [1.165, 1.54) is 25.1 Å². The first-order valence-electron chi connectivity index (χ1n) is 9.93. The standard InChI is InChI=1S/C22H29N3O5S/c1-12(2)18-10-16(21(23)27)11-19(13(3)4)20(18)24-22(28)25-31(29,30)17-8-6-7-15(9-17)14(5)26/h6-14,26H,1-5H3,(H2,23,27)(H2,24,25,28). The van der Waals surface area contributed by atoms with Gasteiger partial charge in [-0.3, -0.25) is 4.79 Å². The highest BCUT2D eigenvalue weighted by Gasteiger charge is 2.23. The lowest BCUT2D eigenvalue weighted by molar-refractivity contribution is 0.1000. The third kappa shape index (κ3) is 5.83. The molecule has 3 amide bonds. The van der Waals surface area contributed by atoms with Crippen molar-refractivity contribution < 1.29 is 23.1 Å². The van der Waals surface area contributed by atoms with Gasteiger partial charge in [0.05, 0.1) is 11.0 Å². The van der Waals surface area contributed by atoms with Crippen LogP contribution >= 0.6 is 0 Å². The number of benzene rings is 2. The van der Waals surface area contributed by atoms with Crippen LogP contribution in [0, 0.1) is 0 Å². The third-order valence-corrected chi connectivity index (χ3v) is 6.17. The van der Waals surface area contributed by atoms with E-state index in [4.69, 9.17) is 5.73 Å². The van der Waals surface area contributed by atoms with Crippen LogP contribution in [-0.2, 0) is 10.0 Å².